The Labute approximate surface area is 125 Å². The van der Waals surface area contributed by atoms with E-state index in [0.29, 0.717) is 19.6 Å². The summed E-state index contributed by atoms with van der Waals surface area (Å²) in [5, 5.41) is 4.85. The summed E-state index contributed by atoms with van der Waals surface area (Å²) in [6, 6.07) is 7.05. The second kappa shape index (κ2) is 8.39. The monoisotopic (exact) mass is 292 g/mol. The molecule has 21 heavy (non-hydrogen) atoms. The number of nitrogens with two attached hydrogens (primary N) is 1. The van der Waals surface area contributed by atoms with Gasteiger partial charge in [-0.2, -0.15) is 0 Å². The van der Waals surface area contributed by atoms with Crippen molar-refractivity contribution < 1.29 is 9.59 Å². The van der Waals surface area contributed by atoms with Gasteiger partial charge in [-0.15, -0.1) is 0 Å². The summed E-state index contributed by atoms with van der Waals surface area (Å²) in [5.41, 5.74) is 7.76. The molecule has 1 unspecified atom stereocenters. The molecule has 0 aliphatic rings. The molecule has 0 saturated heterocycles. The molecule has 1 aromatic carbocycles. The number of rotatable bonds is 6. The minimum atomic E-state index is -0.465. The summed E-state index contributed by atoms with van der Waals surface area (Å²) in [7, 11) is 1.84. The average Bonchev–Trinajstić information content (AvgIpc) is 2.46. The molecule has 0 fully saturated rings. The lowest BCUT2D eigenvalue weighted by molar-refractivity contribution is -0.124. The van der Waals surface area contributed by atoms with Gasteiger partial charge in [0, 0.05) is 19.6 Å². The highest BCUT2D eigenvalue weighted by molar-refractivity contribution is 5.96. The molecule has 0 heterocycles. The molecular weight excluding hydrogens is 268 g/mol. The van der Waals surface area contributed by atoms with Crippen molar-refractivity contribution in [2.45, 2.75) is 33.0 Å². The molecule has 3 amide bonds. The van der Waals surface area contributed by atoms with E-state index in [1.807, 2.05) is 36.2 Å². The molecule has 0 spiro atoms. The van der Waals surface area contributed by atoms with Crippen LogP contribution in [0.15, 0.2) is 24.3 Å². The van der Waals surface area contributed by atoms with Gasteiger partial charge in [-0.25, -0.2) is 4.79 Å². The lowest BCUT2D eigenvalue weighted by Crippen LogP contribution is -2.48. The standard InChI is InChI=1S/C15H24N4O2/c1-4-17-15(21)18-14(20)11(2)19(3)10-13-7-5-6-12(8-13)9-16/h5-8,11H,4,9-10,16H2,1-3H3,(H2,17,18,20,21). The first-order valence-electron chi connectivity index (χ1n) is 7.04. The van der Waals surface area contributed by atoms with Crippen LogP contribution >= 0.6 is 0 Å². The third-order valence-corrected chi connectivity index (χ3v) is 3.27. The first-order chi connectivity index (χ1) is 9.97. The van der Waals surface area contributed by atoms with Gasteiger partial charge in [0.2, 0.25) is 5.91 Å². The van der Waals surface area contributed by atoms with Crippen molar-refractivity contribution in [3.05, 3.63) is 35.4 Å². The highest BCUT2D eigenvalue weighted by Gasteiger charge is 2.19. The molecule has 6 heteroatoms. The van der Waals surface area contributed by atoms with Crippen LogP contribution in [0.4, 0.5) is 4.79 Å². The van der Waals surface area contributed by atoms with Gasteiger partial charge in [0.05, 0.1) is 6.04 Å². The zero-order valence-electron chi connectivity index (χ0n) is 12.8. The van der Waals surface area contributed by atoms with Crippen LogP contribution in [0.1, 0.15) is 25.0 Å². The predicted octanol–water partition coefficient (Wildman–Crippen LogP) is 0.811. The van der Waals surface area contributed by atoms with Crippen molar-refractivity contribution in [2.24, 2.45) is 5.73 Å². The minimum absolute atomic E-state index is 0.321. The van der Waals surface area contributed by atoms with Crippen LogP contribution in [0, 0.1) is 0 Å². The number of carbonyl (C=O) groups excluding carboxylic acids is 2. The molecule has 4 N–H and O–H groups in total. The molecule has 0 saturated carbocycles. The Bertz CT molecular complexity index is 490. The van der Waals surface area contributed by atoms with Gasteiger partial charge in [0.1, 0.15) is 0 Å². The summed E-state index contributed by atoms with van der Waals surface area (Å²) < 4.78 is 0. The van der Waals surface area contributed by atoms with Crippen molar-refractivity contribution >= 4 is 11.9 Å². The maximum Gasteiger partial charge on any atom is 0.321 e. The van der Waals surface area contributed by atoms with Gasteiger partial charge in [0.15, 0.2) is 0 Å². The van der Waals surface area contributed by atoms with Crippen LogP contribution in [-0.4, -0.2) is 36.5 Å². The van der Waals surface area contributed by atoms with E-state index in [1.165, 1.54) is 0 Å². The number of amides is 3. The molecule has 1 aromatic rings. The molecule has 1 atom stereocenters. The van der Waals surface area contributed by atoms with E-state index >= 15 is 0 Å². The topological polar surface area (TPSA) is 87.5 Å². The smallest absolute Gasteiger partial charge is 0.321 e. The van der Waals surface area contributed by atoms with Gasteiger partial charge in [0.25, 0.3) is 0 Å². The number of urea groups is 1. The number of carbonyl (C=O) groups is 2. The van der Waals surface area contributed by atoms with Crippen molar-refractivity contribution in [3.63, 3.8) is 0 Å². The first-order valence-corrected chi connectivity index (χ1v) is 7.04. The fraction of sp³-hybridized carbons (Fsp3) is 0.467. The van der Waals surface area contributed by atoms with Gasteiger partial charge < -0.3 is 11.1 Å². The first kappa shape index (κ1) is 17.1. The van der Waals surface area contributed by atoms with E-state index in [4.69, 9.17) is 5.73 Å². The minimum Gasteiger partial charge on any atom is -0.338 e. The zero-order chi connectivity index (χ0) is 15.8. The van der Waals surface area contributed by atoms with Crippen LogP contribution in [-0.2, 0) is 17.9 Å². The maximum absolute atomic E-state index is 11.9. The Morgan fingerprint density at radius 1 is 1.33 bits per heavy atom. The third-order valence-electron chi connectivity index (χ3n) is 3.27. The van der Waals surface area contributed by atoms with Crippen molar-refractivity contribution in [3.8, 4) is 0 Å². The van der Waals surface area contributed by atoms with E-state index in [1.54, 1.807) is 13.8 Å². The van der Waals surface area contributed by atoms with Crippen LogP contribution in [0.25, 0.3) is 0 Å². The molecule has 0 bridgehead atoms. The molecule has 0 radical (unpaired) electrons. The van der Waals surface area contributed by atoms with Crippen molar-refractivity contribution in [1.82, 2.24) is 15.5 Å². The molecule has 1 rings (SSSR count). The second-order valence-corrected chi connectivity index (χ2v) is 4.96. The number of benzene rings is 1. The SMILES string of the molecule is CCNC(=O)NC(=O)C(C)N(C)Cc1cccc(CN)c1. The fourth-order valence-corrected chi connectivity index (χ4v) is 1.90. The van der Waals surface area contributed by atoms with Crippen LogP contribution in [0.5, 0.6) is 0 Å². The number of nitrogens with zero attached hydrogens (tertiary/aromatic N) is 1. The number of nitrogens with one attached hydrogen (secondary N) is 2. The van der Waals surface area contributed by atoms with E-state index < -0.39 is 12.1 Å². The van der Waals surface area contributed by atoms with Crippen LogP contribution < -0.4 is 16.4 Å². The quantitative estimate of drug-likeness (QED) is 0.724. The molecule has 0 aliphatic heterocycles. The maximum atomic E-state index is 11.9. The van der Waals surface area contributed by atoms with Gasteiger partial charge in [-0.1, -0.05) is 24.3 Å². The zero-order valence-corrected chi connectivity index (χ0v) is 12.8. The summed E-state index contributed by atoms with van der Waals surface area (Å²) in [4.78, 5) is 25.2. The van der Waals surface area contributed by atoms with Gasteiger partial charge in [-0.05, 0) is 32.0 Å². The molecule has 0 aromatic heterocycles. The van der Waals surface area contributed by atoms with E-state index in [9.17, 15) is 9.59 Å². The Balaban J connectivity index is 2.58. The highest BCUT2D eigenvalue weighted by Crippen LogP contribution is 2.09. The largest absolute Gasteiger partial charge is 0.338 e. The van der Waals surface area contributed by atoms with Gasteiger partial charge >= 0.3 is 6.03 Å². The van der Waals surface area contributed by atoms with E-state index in [-0.39, 0.29) is 5.91 Å². The van der Waals surface area contributed by atoms with Crippen molar-refractivity contribution in [1.29, 1.82) is 0 Å². The summed E-state index contributed by atoms with van der Waals surface area (Å²) >= 11 is 0. The number of likely N-dealkylation sites (N-methyl/N-ethyl adjacent to an activating group) is 1. The van der Waals surface area contributed by atoms with Crippen molar-refractivity contribution in [2.75, 3.05) is 13.6 Å². The average molecular weight is 292 g/mol. The Kier molecular flexibility index (Phi) is 6.84. The Morgan fingerprint density at radius 2 is 2.00 bits per heavy atom. The Hall–Kier alpha value is -1.92. The molecular formula is C15H24N4O2. The number of hydrogen-bond acceptors (Lipinski definition) is 4. The summed E-state index contributed by atoms with van der Waals surface area (Å²) in [6.45, 7) is 5.14. The molecule has 6 nitrogen and oxygen atoms in total. The lowest BCUT2D eigenvalue weighted by atomic mass is 10.1. The second-order valence-electron chi connectivity index (χ2n) is 4.96. The van der Waals surface area contributed by atoms with Gasteiger partial charge in [-0.3, -0.25) is 15.0 Å². The third kappa shape index (κ3) is 5.53. The highest BCUT2D eigenvalue weighted by atomic mass is 16.2. The lowest BCUT2D eigenvalue weighted by Gasteiger charge is -2.23. The predicted molar refractivity (Wildman–Crippen MR) is 82.5 cm³/mol. The Morgan fingerprint density at radius 3 is 2.62 bits per heavy atom. The van der Waals surface area contributed by atoms with Crippen LogP contribution in [0.3, 0.4) is 0 Å². The summed E-state index contributed by atoms with van der Waals surface area (Å²) in [5.74, 6) is -0.321. The molecule has 116 valence electrons. The van der Waals surface area contributed by atoms with E-state index in [0.717, 1.165) is 11.1 Å². The fourth-order valence-electron chi connectivity index (χ4n) is 1.90. The van der Waals surface area contributed by atoms with E-state index in [2.05, 4.69) is 10.6 Å². The summed E-state index contributed by atoms with van der Waals surface area (Å²) in [6.07, 6.45) is 0. The van der Waals surface area contributed by atoms with Crippen LogP contribution in [0.2, 0.25) is 0 Å². The number of imide groups is 1. The molecule has 0 aliphatic carbocycles. The number of hydrogen-bond donors (Lipinski definition) is 3. The normalized spacial score (nSPS) is 12.0.